The van der Waals surface area contributed by atoms with Gasteiger partial charge in [-0.2, -0.15) is 0 Å². The number of hydrogen-bond donors (Lipinski definition) is 0. The largest absolute Gasteiger partial charge is 0.0772 e. The SMILES string of the molecule is Cc1cc2c(cc1C#Cc1ccccc1)c1cc(C#Cc3ccccc3)c(C)cc1p2-c1ccccc1. The fourth-order valence-corrected chi connectivity index (χ4v) is 7.55. The highest BCUT2D eigenvalue weighted by Crippen LogP contribution is 2.55. The van der Waals surface area contributed by atoms with Crippen LogP contribution in [0.15, 0.2) is 115 Å². The smallest absolute Gasteiger partial charge is 0.0285 e. The second-order valence-electron chi connectivity index (χ2n) is 9.27. The highest BCUT2D eigenvalue weighted by Gasteiger charge is 2.16. The van der Waals surface area contributed by atoms with Crippen molar-refractivity contribution < 1.29 is 0 Å². The molecular formula is C36H25P. The third kappa shape index (κ3) is 4.57. The summed E-state index contributed by atoms with van der Waals surface area (Å²) in [6.45, 7) is 4.36. The standard InChI is InChI=1S/C36H25P/c1-26-22-35-33(24-30(26)20-18-28-12-6-3-7-13-28)34-25-31(21-19-29-14-8-4-9-15-29)27(2)23-36(34)37(35)32-16-10-5-11-17-32/h3-17,22-25H,1-2H3. The van der Waals surface area contributed by atoms with Gasteiger partial charge in [-0.1, -0.05) is 97.9 Å². The van der Waals surface area contributed by atoms with Gasteiger partial charge in [-0.05, 0) is 89.6 Å². The van der Waals surface area contributed by atoms with E-state index in [1.54, 1.807) is 0 Å². The molecule has 0 amide bonds. The predicted octanol–water partition coefficient (Wildman–Crippen LogP) is 9.39. The van der Waals surface area contributed by atoms with Gasteiger partial charge in [-0.25, -0.2) is 0 Å². The Bertz CT molecular complexity index is 1750. The summed E-state index contributed by atoms with van der Waals surface area (Å²) in [6, 6.07) is 40.6. The van der Waals surface area contributed by atoms with Gasteiger partial charge in [0.1, 0.15) is 0 Å². The Morgan fingerprint density at radius 2 is 0.865 bits per heavy atom. The maximum absolute atomic E-state index is 3.45. The minimum absolute atomic E-state index is 0.632. The first kappa shape index (κ1) is 23.0. The highest BCUT2D eigenvalue weighted by atomic mass is 31.1. The van der Waals surface area contributed by atoms with Crippen LogP contribution in [0.5, 0.6) is 0 Å². The van der Waals surface area contributed by atoms with E-state index >= 15 is 0 Å². The quantitative estimate of drug-likeness (QED) is 0.202. The molecule has 1 aromatic heterocycles. The molecular weight excluding hydrogens is 463 g/mol. The normalized spacial score (nSPS) is 10.5. The molecule has 0 spiro atoms. The summed E-state index contributed by atoms with van der Waals surface area (Å²) in [6.07, 6.45) is 0. The molecule has 0 N–H and O–H groups in total. The molecule has 0 fully saturated rings. The van der Waals surface area contributed by atoms with Crippen LogP contribution in [0.2, 0.25) is 0 Å². The predicted molar refractivity (Wildman–Crippen MR) is 160 cm³/mol. The van der Waals surface area contributed by atoms with Crippen molar-refractivity contribution in [2.45, 2.75) is 13.8 Å². The number of benzene rings is 5. The first-order chi connectivity index (χ1) is 18.2. The fraction of sp³-hybridized carbons (Fsp3) is 0.0556. The molecule has 0 aliphatic rings. The maximum atomic E-state index is 3.45. The van der Waals surface area contributed by atoms with Crippen LogP contribution in [0.25, 0.3) is 26.3 Å². The van der Waals surface area contributed by atoms with Gasteiger partial charge in [-0.15, -0.1) is 0 Å². The number of fused-ring (bicyclic) bond motifs is 3. The van der Waals surface area contributed by atoms with E-state index in [9.17, 15) is 0 Å². The van der Waals surface area contributed by atoms with Crippen LogP contribution in [0.1, 0.15) is 33.4 Å². The lowest BCUT2D eigenvalue weighted by Crippen LogP contribution is -1.84. The van der Waals surface area contributed by atoms with E-state index in [1.807, 2.05) is 36.4 Å². The molecule has 5 aromatic carbocycles. The highest BCUT2D eigenvalue weighted by molar-refractivity contribution is 7.67. The average Bonchev–Trinajstić information content (AvgIpc) is 3.23. The van der Waals surface area contributed by atoms with E-state index in [0.29, 0.717) is 0 Å². The van der Waals surface area contributed by atoms with Crippen molar-refractivity contribution in [2.75, 3.05) is 0 Å². The Morgan fingerprint density at radius 1 is 0.459 bits per heavy atom. The summed E-state index contributed by atoms with van der Waals surface area (Å²) in [5.41, 5.74) is 6.66. The molecule has 6 rings (SSSR count). The van der Waals surface area contributed by atoms with Crippen molar-refractivity contribution in [2.24, 2.45) is 0 Å². The van der Waals surface area contributed by atoms with Gasteiger partial charge >= 0.3 is 0 Å². The summed E-state index contributed by atoms with van der Waals surface area (Å²) in [4.78, 5) is 0. The van der Waals surface area contributed by atoms with Crippen molar-refractivity contribution in [3.05, 3.63) is 149 Å². The molecule has 0 saturated heterocycles. The second-order valence-corrected chi connectivity index (χ2v) is 11.4. The summed E-state index contributed by atoms with van der Waals surface area (Å²) >= 11 is 0. The van der Waals surface area contributed by atoms with Crippen molar-refractivity contribution in [3.8, 4) is 29.0 Å². The van der Waals surface area contributed by atoms with Crippen molar-refractivity contribution >= 4 is 28.5 Å². The van der Waals surface area contributed by atoms with Gasteiger partial charge in [0.25, 0.3) is 0 Å². The summed E-state index contributed by atoms with van der Waals surface area (Å²) in [5, 5.41) is 6.77. The van der Waals surface area contributed by atoms with E-state index in [4.69, 9.17) is 0 Å². The van der Waals surface area contributed by atoms with Gasteiger partial charge in [0.15, 0.2) is 0 Å². The van der Waals surface area contributed by atoms with Gasteiger partial charge in [0, 0.05) is 32.5 Å². The molecule has 0 radical (unpaired) electrons. The Morgan fingerprint density at radius 3 is 1.30 bits per heavy atom. The Hall–Kier alpha value is -4.48. The molecule has 1 heteroatoms. The number of aryl methyl sites for hydroxylation is 2. The summed E-state index contributed by atoms with van der Waals surface area (Å²) in [5.74, 6) is 13.6. The summed E-state index contributed by atoms with van der Waals surface area (Å²) in [7, 11) is -0.632. The molecule has 0 atom stereocenters. The van der Waals surface area contributed by atoms with Crippen molar-refractivity contribution in [1.29, 1.82) is 0 Å². The summed E-state index contributed by atoms with van der Waals surface area (Å²) < 4.78 is 0. The molecule has 0 bridgehead atoms. The molecule has 0 unspecified atom stereocenters. The topological polar surface area (TPSA) is 0 Å². The van der Waals surface area contributed by atoms with Crippen LogP contribution in [-0.4, -0.2) is 0 Å². The van der Waals surface area contributed by atoms with Gasteiger partial charge in [0.05, 0.1) is 0 Å². The molecule has 174 valence electrons. The lowest BCUT2D eigenvalue weighted by Gasteiger charge is -2.06. The molecule has 0 nitrogen and oxygen atoms in total. The molecule has 0 aliphatic carbocycles. The molecule has 6 aromatic rings. The number of rotatable bonds is 1. The first-order valence-corrected chi connectivity index (χ1v) is 13.8. The molecule has 0 aliphatic heterocycles. The minimum atomic E-state index is -0.632. The third-order valence-corrected chi connectivity index (χ3v) is 9.22. The second kappa shape index (κ2) is 9.88. The average molecular weight is 489 g/mol. The monoisotopic (exact) mass is 488 g/mol. The van der Waals surface area contributed by atoms with Crippen LogP contribution >= 0.6 is 7.53 Å². The van der Waals surface area contributed by atoms with Crippen LogP contribution in [-0.2, 0) is 0 Å². The third-order valence-electron chi connectivity index (χ3n) is 6.70. The zero-order chi connectivity index (χ0) is 25.2. The Balaban J connectivity index is 1.60. The van der Waals surface area contributed by atoms with Crippen molar-refractivity contribution in [1.82, 2.24) is 0 Å². The lowest BCUT2D eigenvalue weighted by molar-refractivity contribution is 1.47. The van der Waals surface area contributed by atoms with Gasteiger partial charge < -0.3 is 0 Å². The Kier molecular flexibility index (Phi) is 6.13. The Labute approximate surface area is 219 Å². The molecule has 1 heterocycles. The van der Waals surface area contributed by atoms with Crippen LogP contribution in [0, 0.1) is 37.5 Å². The van der Waals surface area contributed by atoms with Crippen molar-refractivity contribution in [3.63, 3.8) is 0 Å². The minimum Gasteiger partial charge on any atom is -0.0772 e. The molecule has 37 heavy (non-hydrogen) atoms. The lowest BCUT2D eigenvalue weighted by atomic mass is 10.0. The van der Waals surface area contributed by atoms with Gasteiger partial charge in [-0.3, -0.25) is 0 Å². The van der Waals surface area contributed by atoms with E-state index in [0.717, 1.165) is 22.3 Å². The van der Waals surface area contributed by atoms with E-state index in [1.165, 1.54) is 37.4 Å². The van der Waals surface area contributed by atoms with Gasteiger partial charge in [0.2, 0.25) is 0 Å². The van der Waals surface area contributed by atoms with E-state index < -0.39 is 7.53 Å². The fourth-order valence-electron chi connectivity index (χ4n) is 4.76. The molecule has 0 saturated carbocycles. The van der Waals surface area contributed by atoms with Crippen LogP contribution in [0.4, 0.5) is 0 Å². The first-order valence-electron chi connectivity index (χ1n) is 12.5. The van der Waals surface area contributed by atoms with E-state index in [-0.39, 0.29) is 0 Å². The zero-order valence-corrected chi connectivity index (χ0v) is 21.8. The van der Waals surface area contributed by atoms with Crippen LogP contribution < -0.4 is 0 Å². The van der Waals surface area contributed by atoms with Crippen LogP contribution in [0.3, 0.4) is 0 Å². The zero-order valence-electron chi connectivity index (χ0n) is 20.9. The number of hydrogen-bond acceptors (Lipinski definition) is 0. The van der Waals surface area contributed by atoms with E-state index in [2.05, 4.69) is 116 Å². The maximum Gasteiger partial charge on any atom is 0.0285 e.